The first-order valence-corrected chi connectivity index (χ1v) is 2.92. The Labute approximate surface area is 53.2 Å². The zero-order chi connectivity index (χ0) is 2.00. The van der Waals surface area contributed by atoms with Crippen molar-refractivity contribution < 1.29 is 13.4 Å². The van der Waals surface area contributed by atoms with E-state index >= 15 is 0 Å². The molecule has 0 aliphatic rings. The Morgan fingerprint density at radius 3 is 1.25 bits per heavy atom. The quantitative estimate of drug-likeness (QED) is 0.408. The van der Waals surface area contributed by atoms with E-state index < -0.39 is 0 Å². The summed E-state index contributed by atoms with van der Waals surface area (Å²) >= 11 is 5.75. The van der Waals surface area contributed by atoms with E-state index in [0.717, 1.165) is 0 Å². The van der Waals surface area contributed by atoms with Crippen LogP contribution in [0.25, 0.3) is 0 Å². The molecule has 0 spiro atoms. The molecule has 4 heavy (non-hydrogen) atoms. The smallest absolute Gasteiger partial charge is 0 e. The maximum absolute atomic E-state index is 3.44. The second-order valence-corrected chi connectivity index (χ2v) is 0. The van der Waals surface area contributed by atoms with E-state index in [2.05, 4.69) is 27.1 Å². The molecule has 3 heteroatoms. The van der Waals surface area contributed by atoms with E-state index in [-0.39, 0.29) is 26.3 Å². The van der Waals surface area contributed by atoms with Gasteiger partial charge in [-0.3, -0.25) is 0 Å². The molecular weight excluding hydrogens is 157 g/mol. The van der Waals surface area contributed by atoms with Gasteiger partial charge in [0, 0.05) is 26.3 Å². The molecule has 20 valence electrons. The Balaban J connectivity index is -0.00000000500. The first-order valence-electron chi connectivity index (χ1n) is 0.136. The topological polar surface area (TPSA) is 0 Å². The molecule has 0 unspecified atom stereocenters. The average molecular weight is 157 g/mol. The van der Waals surface area contributed by atoms with E-state index in [1.807, 2.05) is 0 Å². The van der Waals surface area contributed by atoms with E-state index in [0.29, 0.717) is 0 Å². The summed E-state index contributed by atoms with van der Waals surface area (Å²) in [6.07, 6.45) is 0. The van der Waals surface area contributed by atoms with Crippen LogP contribution in [0.4, 0.5) is 0 Å². The van der Waals surface area contributed by atoms with Crippen molar-refractivity contribution in [3.63, 3.8) is 0 Å². The third-order valence-electron chi connectivity index (χ3n) is 0. The number of hydrogen-bond acceptors (Lipinski definition) is 0. The molecule has 0 aliphatic heterocycles. The third-order valence-corrected chi connectivity index (χ3v) is 0. The molecule has 0 aliphatic carbocycles. The van der Waals surface area contributed by atoms with Crippen LogP contribution in [-0.4, -0.2) is 32.6 Å². The monoisotopic (exact) mass is 158 g/mol. The van der Waals surface area contributed by atoms with Crippen LogP contribution in [0.1, 0.15) is 0 Å². The summed E-state index contributed by atoms with van der Waals surface area (Å²) in [7, 11) is 0. The van der Waals surface area contributed by atoms with Gasteiger partial charge in [0.25, 0.3) is 0 Å². The van der Waals surface area contributed by atoms with Crippen molar-refractivity contribution in [2.45, 2.75) is 0 Å². The summed E-state index contributed by atoms with van der Waals surface area (Å²) in [6.45, 7) is 0. The van der Waals surface area contributed by atoms with Crippen LogP contribution < -0.4 is 0 Å². The molecule has 0 bridgehead atoms. The van der Waals surface area contributed by atoms with Gasteiger partial charge >= 0.3 is 27.1 Å². The fourth-order valence-electron chi connectivity index (χ4n) is 0. The largest absolute Gasteiger partial charge is 0 e. The molecule has 0 N–H and O–H groups in total. The summed E-state index contributed by atoms with van der Waals surface area (Å²) in [5, 5.41) is 0. The molecule has 0 saturated heterocycles. The maximum Gasteiger partial charge on any atom is 0 e. The molecule has 0 amide bonds. The minimum absolute atomic E-state index is 0. The van der Waals surface area contributed by atoms with Crippen molar-refractivity contribution in [3.05, 3.63) is 7.43 Å². The van der Waals surface area contributed by atoms with Crippen molar-refractivity contribution in [1.29, 1.82) is 0 Å². The van der Waals surface area contributed by atoms with Crippen LogP contribution in [0, 0.1) is 7.43 Å². The first-order chi connectivity index (χ1) is 1.00. The molecule has 0 aromatic heterocycles. The van der Waals surface area contributed by atoms with Crippen molar-refractivity contribution >= 4 is 32.6 Å². The molecule has 0 saturated carbocycles. The molecule has 5 radical (unpaired) electrons. The van der Waals surface area contributed by atoms with Crippen molar-refractivity contribution in [1.82, 2.24) is 0 Å². The Hall–Kier alpha value is 1.62. The fourth-order valence-corrected chi connectivity index (χ4v) is 0. The van der Waals surface area contributed by atoms with Crippen LogP contribution in [0.5, 0.6) is 0 Å². The maximum atomic E-state index is 3.44. The zero-order valence-corrected chi connectivity index (χ0v) is 5.00. The van der Waals surface area contributed by atoms with Crippen molar-refractivity contribution in [2.24, 2.45) is 0 Å². The predicted molar refractivity (Wildman–Crippen MR) is 14.8 cm³/mol. The van der Waals surface area contributed by atoms with Gasteiger partial charge in [-0.25, -0.2) is 0 Å². The number of hydrogen-bond donors (Lipinski definition) is 0. The second kappa shape index (κ2) is 23.0. The number of rotatable bonds is 0. The van der Waals surface area contributed by atoms with Gasteiger partial charge in [-0.1, -0.05) is 0 Å². The van der Waals surface area contributed by atoms with Gasteiger partial charge in [0.1, 0.15) is 0 Å². The zero-order valence-electron chi connectivity index (χ0n) is 2.24. The summed E-state index contributed by atoms with van der Waals surface area (Å²) in [4.78, 5) is 0. The van der Waals surface area contributed by atoms with Gasteiger partial charge in [0.05, 0.1) is 0 Å². The minimum atomic E-state index is 0. The van der Waals surface area contributed by atoms with Gasteiger partial charge < -0.3 is 0 Å². The van der Waals surface area contributed by atoms with Gasteiger partial charge in [0.15, 0.2) is 0 Å². The van der Waals surface area contributed by atoms with Crippen LogP contribution in [0.2, 0.25) is 0 Å². The van der Waals surface area contributed by atoms with Crippen LogP contribution >= 0.6 is 0 Å². The van der Waals surface area contributed by atoms with Gasteiger partial charge in [-0.15, -0.1) is 0 Å². The van der Waals surface area contributed by atoms with Crippen LogP contribution in [0.3, 0.4) is 0 Å². The molecule has 0 fully saturated rings. The van der Waals surface area contributed by atoms with Crippen molar-refractivity contribution in [2.75, 3.05) is 0 Å². The molecule has 0 aromatic rings. The molecule has 0 heterocycles. The first kappa shape index (κ1) is 17.5. The fraction of sp³-hybridized carbons (Fsp3) is 0. The molecule has 0 aromatic carbocycles. The second-order valence-electron chi connectivity index (χ2n) is 0. The van der Waals surface area contributed by atoms with Gasteiger partial charge in [-0.05, 0) is 0 Å². The van der Waals surface area contributed by atoms with Gasteiger partial charge in [-0.2, -0.15) is 0 Å². The SMILES string of the molecule is [C].[Co]=[Se].[Li]. The van der Waals surface area contributed by atoms with Crippen LogP contribution in [-0.2, 0) is 13.4 Å². The van der Waals surface area contributed by atoms with E-state index in [1.165, 1.54) is 0 Å². The normalized spacial score (nSPS) is 1.25. The summed E-state index contributed by atoms with van der Waals surface area (Å²) in [6, 6.07) is 0. The standard InChI is InChI=1S/C.Co.Li.Se. The molecule has 0 nitrogen and oxygen atoms in total. The minimum Gasteiger partial charge on any atom is 0 e. The third kappa shape index (κ3) is 9.46. The molecule has 0 atom stereocenters. The molecular formula is CCoLiSe. The predicted octanol–water partition coefficient (Wildman–Crippen LogP) is -0.683. The Morgan fingerprint density at radius 2 is 1.25 bits per heavy atom. The summed E-state index contributed by atoms with van der Waals surface area (Å²) in [5.41, 5.74) is 0. The summed E-state index contributed by atoms with van der Waals surface area (Å²) in [5.74, 6) is 0. The van der Waals surface area contributed by atoms with E-state index in [4.69, 9.17) is 0 Å². The van der Waals surface area contributed by atoms with Crippen molar-refractivity contribution in [3.8, 4) is 0 Å². The van der Waals surface area contributed by atoms with E-state index in [9.17, 15) is 0 Å². The van der Waals surface area contributed by atoms with Crippen LogP contribution in [0.15, 0.2) is 0 Å². The average Bonchev–Trinajstić information content (AvgIpc) is 1.00. The van der Waals surface area contributed by atoms with E-state index in [1.54, 1.807) is 0 Å². The summed E-state index contributed by atoms with van der Waals surface area (Å²) < 4.78 is 0. The molecule has 0 rings (SSSR count). The Kier molecular flexibility index (Phi) is 101. The van der Waals surface area contributed by atoms with Gasteiger partial charge in [0.2, 0.25) is 0 Å². The Morgan fingerprint density at radius 1 is 1.25 bits per heavy atom. The Bertz CT molecular complexity index is 8.00.